The van der Waals surface area contributed by atoms with Crippen molar-refractivity contribution in [2.75, 3.05) is 12.8 Å². The zero-order chi connectivity index (χ0) is 14.7. The molecule has 0 saturated carbocycles. The molecule has 6 heteroatoms. The van der Waals surface area contributed by atoms with Crippen molar-refractivity contribution in [1.29, 1.82) is 0 Å². The number of benzene rings is 1. The number of nitrogens with zero attached hydrogens (tertiary/aromatic N) is 4. The Morgan fingerprint density at radius 1 is 1.30 bits per heavy atom. The van der Waals surface area contributed by atoms with E-state index in [0.29, 0.717) is 17.4 Å². The molecule has 0 spiro atoms. The molecule has 6 nitrogen and oxygen atoms in total. The van der Waals surface area contributed by atoms with Crippen LogP contribution in [-0.2, 0) is 0 Å². The molecule has 1 heterocycles. The number of tetrazole rings is 1. The predicted octanol–water partition coefficient (Wildman–Crippen LogP) is 2.54. The molecular weight excluding hydrogens is 254 g/mol. The van der Waals surface area contributed by atoms with Crippen LogP contribution in [0.1, 0.15) is 33.2 Å². The number of hydrogen-bond donors (Lipinski definition) is 1. The predicted molar refractivity (Wildman–Crippen MR) is 78.4 cm³/mol. The van der Waals surface area contributed by atoms with E-state index in [9.17, 15) is 0 Å². The van der Waals surface area contributed by atoms with Gasteiger partial charge in [-0.15, -0.1) is 5.10 Å². The number of rotatable bonds is 5. The van der Waals surface area contributed by atoms with E-state index >= 15 is 0 Å². The maximum atomic E-state index is 6.04. The highest BCUT2D eigenvalue weighted by molar-refractivity contribution is 5.73. The quantitative estimate of drug-likeness (QED) is 0.848. The highest BCUT2D eigenvalue weighted by Gasteiger charge is 2.18. The highest BCUT2D eigenvalue weighted by atomic mass is 16.5. The molecule has 2 N–H and O–H groups in total. The van der Waals surface area contributed by atoms with Crippen LogP contribution in [-0.4, -0.2) is 27.3 Å². The first-order valence-corrected chi connectivity index (χ1v) is 6.74. The van der Waals surface area contributed by atoms with Crippen molar-refractivity contribution in [2.24, 2.45) is 5.92 Å². The van der Waals surface area contributed by atoms with E-state index < -0.39 is 0 Å². The van der Waals surface area contributed by atoms with Crippen LogP contribution < -0.4 is 10.5 Å². The Kier molecular flexibility index (Phi) is 4.22. The van der Waals surface area contributed by atoms with E-state index in [0.717, 1.165) is 17.7 Å². The van der Waals surface area contributed by atoms with E-state index in [2.05, 4.69) is 36.3 Å². The Bertz CT molecular complexity index is 579. The van der Waals surface area contributed by atoms with E-state index in [1.54, 1.807) is 13.2 Å². The van der Waals surface area contributed by atoms with Crippen molar-refractivity contribution in [3.05, 3.63) is 18.2 Å². The van der Waals surface area contributed by atoms with Crippen LogP contribution in [0.15, 0.2) is 18.2 Å². The van der Waals surface area contributed by atoms with Gasteiger partial charge in [0.25, 0.3) is 0 Å². The van der Waals surface area contributed by atoms with E-state index in [-0.39, 0.29) is 6.04 Å². The van der Waals surface area contributed by atoms with E-state index in [1.807, 2.05) is 16.8 Å². The van der Waals surface area contributed by atoms with Gasteiger partial charge in [-0.1, -0.05) is 13.8 Å². The Labute approximate surface area is 118 Å². The molecule has 0 aliphatic carbocycles. The normalized spacial score (nSPS) is 12.7. The number of aromatic nitrogens is 4. The van der Waals surface area contributed by atoms with Crippen LogP contribution in [0.3, 0.4) is 0 Å². The van der Waals surface area contributed by atoms with Crippen molar-refractivity contribution < 1.29 is 4.74 Å². The summed E-state index contributed by atoms with van der Waals surface area (Å²) >= 11 is 0. The summed E-state index contributed by atoms with van der Waals surface area (Å²) in [5.41, 5.74) is 7.48. The van der Waals surface area contributed by atoms with Gasteiger partial charge in [-0.3, -0.25) is 0 Å². The number of nitrogens with two attached hydrogens (primary N) is 1. The lowest BCUT2D eigenvalue weighted by Gasteiger charge is -2.16. The molecule has 1 aromatic heterocycles. The molecule has 0 radical (unpaired) electrons. The van der Waals surface area contributed by atoms with Crippen molar-refractivity contribution >= 4 is 5.69 Å². The van der Waals surface area contributed by atoms with Gasteiger partial charge in [0.05, 0.1) is 13.2 Å². The van der Waals surface area contributed by atoms with Crippen molar-refractivity contribution in [1.82, 2.24) is 20.2 Å². The summed E-state index contributed by atoms with van der Waals surface area (Å²) in [5.74, 6) is 1.99. The molecule has 0 fully saturated rings. The van der Waals surface area contributed by atoms with Gasteiger partial charge in [0.15, 0.2) is 5.82 Å². The number of anilines is 1. The van der Waals surface area contributed by atoms with E-state index in [1.165, 1.54) is 0 Å². The van der Waals surface area contributed by atoms with Gasteiger partial charge in [0.1, 0.15) is 5.75 Å². The van der Waals surface area contributed by atoms with Crippen LogP contribution in [0, 0.1) is 5.92 Å². The minimum atomic E-state index is 0.214. The van der Waals surface area contributed by atoms with Crippen molar-refractivity contribution in [2.45, 2.75) is 33.2 Å². The summed E-state index contributed by atoms with van der Waals surface area (Å²) in [7, 11) is 1.62. The van der Waals surface area contributed by atoms with Crippen molar-refractivity contribution in [3.63, 3.8) is 0 Å². The second-order valence-corrected chi connectivity index (χ2v) is 5.38. The molecule has 108 valence electrons. The number of methoxy groups -OCH3 is 1. The Hall–Kier alpha value is -2.11. The largest absolute Gasteiger partial charge is 0.497 e. The molecule has 20 heavy (non-hydrogen) atoms. The maximum Gasteiger partial charge on any atom is 0.184 e. The van der Waals surface area contributed by atoms with Crippen LogP contribution in [0.5, 0.6) is 5.75 Å². The molecule has 1 unspecified atom stereocenters. The van der Waals surface area contributed by atoms with Gasteiger partial charge in [0, 0.05) is 11.3 Å². The second-order valence-electron chi connectivity index (χ2n) is 5.38. The average Bonchev–Trinajstić information content (AvgIpc) is 2.87. The Morgan fingerprint density at radius 2 is 2.05 bits per heavy atom. The van der Waals surface area contributed by atoms with Crippen LogP contribution in [0.2, 0.25) is 0 Å². The molecule has 0 amide bonds. The van der Waals surface area contributed by atoms with Crippen LogP contribution >= 0.6 is 0 Å². The molecular formula is C14H21N5O. The first-order valence-electron chi connectivity index (χ1n) is 6.74. The van der Waals surface area contributed by atoms with Crippen LogP contribution in [0.4, 0.5) is 5.69 Å². The van der Waals surface area contributed by atoms with Crippen LogP contribution in [0.25, 0.3) is 11.4 Å². The average molecular weight is 275 g/mol. The number of nitrogen functional groups attached to an aromatic ring is 1. The highest BCUT2D eigenvalue weighted by Crippen LogP contribution is 2.30. The second kappa shape index (κ2) is 5.90. The fourth-order valence-electron chi connectivity index (χ4n) is 2.31. The zero-order valence-electron chi connectivity index (χ0n) is 12.4. The third-order valence-electron chi connectivity index (χ3n) is 3.22. The van der Waals surface area contributed by atoms with Gasteiger partial charge >= 0.3 is 0 Å². The molecule has 0 bridgehead atoms. The molecule has 1 atom stereocenters. The molecule has 2 aromatic rings. The summed E-state index contributed by atoms with van der Waals surface area (Å²) in [5, 5.41) is 12.0. The lowest BCUT2D eigenvalue weighted by atomic mass is 10.0. The summed E-state index contributed by atoms with van der Waals surface area (Å²) in [4.78, 5) is 0. The lowest BCUT2D eigenvalue weighted by molar-refractivity contribution is 0.393. The number of ether oxygens (including phenoxy) is 1. The standard InChI is InChI=1S/C14H21N5O/c1-9(2)7-10(3)19-14(16-17-18-19)12-8-11(20-4)5-6-13(12)15/h5-6,8-10H,7,15H2,1-4H3. The Balaban J connectivity index is 2.41. The van der Waals surface area contributed by atoms with E-state index in [4.69, 9.17) is 10.5 Å². The third kappa shape index (κ3) is 2.89. The van der Waals surface area contributed by atoms with Gasteiger partial charge in [-0.05, 0) is 47.9 Å². The zero-order valence-corrected chi connectivity index (χ0v) is 12.4. The third-order valence-corrected chi connectivity index (χ3v) is 3.22. The topological polar surface area (TPSA) is 78.8 Å². The van der Waals surface area contributed by atoms with Gasteiger partial charge in [-0.2, -0.15) is 0 Å². The smallest absolute Gasteiger partial charge is 0.184 e. The van der Waals surface area contributed by atoms with Gasteiger partial charge in [0.2, 0.25) is 0 Å². The first kappa shape index (κ1) is 14.3. The molecule has 2 rings (SSSR count). The minimum absolute atomic E-state index is 0.214. The summed E-state index contributed by atoms with van der Waals surface area (Å²) in [6.07, 6.45) is 1.00. The molecule has 0 saturated heterocycles. The molecule has 1 aromatic carbocycles. The summed E-state index contributed by atoms with van der Waals surface area (Å²) in [6, 6.07) is 5.70. The Morgan fingerprint density at radius 3 is 2.70 bits per heavy atom. The monoisotopic (exact) mass is 275 g/mol. The SMILES string of the molecule is COc1ccc(N)c(-c2nnnn2C(C)CC(C)C)c1. The number of hydrogen-bond acceptors (Lipinski definition) is 5. The molecule has 0 aliphatic heterocycles. The van der Waals surface area contributed by atoms with Crippen molar-refractivity contribution in [3.8, 4) is 17.1 Å². The van der Waals surface area contributed by atoms with Gasteiger partial charge < -0.3 is 10.5 Å². The molecule has 0 aliphatic rings. The lowest BCUT2D eigenvalue weighted by Crippen LogP contribution is -2.12. The maximum absolute atomic E-state index is 6.04. The van der Waals surface area contributed by atoms with Gasteiger partial charge in [-0.25, -0.2) is 4.68 Å². The fourth-order valence-corrected chi connectivity index (χ4v) is 2.31. The summed E-state index contributed by atoms with van der Waals surface area (Å²) in [6.45, 7) is 6.47. The fraction of sp³-hybridized carbons (Fsp3) is 0.500. The first-order chi connectivity index (χ1) is 9.52. The minimum Gasteiger partial charge on any atom is -0.497 e. The summed E-state index contributed by atoms with van der Waals surface area (Å²) < 4.78 is 7.06.